The summed E-state index contributed by atoms with van der Waals surface area (Å²) in [6, 6.07) is 7.51. The number of benzene rings is 2. The fourth-order valence-corrected chi connectivity index (χ4v) is 5.11. The number of methoxy groups -OCH3 is 1. The number of phenolic OH excluding ortho intramolecular Hbond substituents is 1. The van der Waals surface area contributed by atoms with Crippen LogP contribution in [0.25, 0.3) is 22.5 Å². The number of thioether (sulfide) groups is 1. The quantitative estimate of drug-likeness (QED) is 0.377. The lowest BCUT2D eigenvalue weighted by molar-refractivity contribution is -0.109. The van der Waals surface area contributed by atoms with Crippen LogP contribution < -0.4 is 14.8 Å². The second-order valence-electron chi connectivity index (χ2n) is 8.90. The summed E-state index contributed by atoms with van der Waals surface area (Å²) in [5.41, 5.74) is 5.82. The maximum absolute atomic E-state index is 10.8. The highest BCUT2D eigenvalue weighted by molar-refractivity contribution is 8.02. The van der Waals surface area contributed by atoms with Gasteiger partial charge < -0.3 is 24.7 Å². The maximum atomic E-state index is 10.8. The number of hydrogen-bond acceptors (Lipinski definition) is 6. The first-order valence-corrected chi connectivity index (χ1v) is 12.0. The van der Waals surface area contributed by atoms with Crippen molar-refractivity contribution in [3.05, 3.63) is 59.0 Å². The number of anilines is 1. The molecule has 2 aromatic carbocycles. The van der Waals surface area contributed by atoms with Crippen molar-refractivity contribution in [2.45, 2.75) is 33.2 Å². The average Bonchev–Trinajstić information content (AvgIpc) is 2.77. The number of allylic oxidation sites excluding steroid dienone is 2. The Hall–Kier alpha value is -3.12. The zero-order valence-corrected chi connectivity index (χ0v) is 20.4. The standard InChI is InChI=1S/C27H29NO4S/c1-16(15-29)10-12-33-13-11-22-24-18(25-21(32-22)9-8-20(30)26(25)31-5)6-7-19-23(24)17(2)14-27(3,4)28-19/h6-12,14-16,28,30H,13H2,1-5H3/b12-10-,22-11-. The van der Waals surface area contributed by atoms with Crippen LogP contribution in [0, 0.1) is 5.92 Å². The number of aldehydes is 1. The second-order valence-corrected chi connectivity index (χ2v) is 9.84. The minimum absolute atomic E-state index is 0.0764. The molecule has 2 heterocycles. The zero-order chi connectivity index (χ0) is 23.8. The van der Waals surface area contributed by atoms with Crippen LogP contribution in [0.15, 0.2) is 47.9 Å². The predicted octanol–water partition coefficient (Wildman–Crippen LogP) is 6.49. The summed E-state index contributed by atoms with van der Waals surface area (Å²) in [6.07, 6.45) is 7.09. The monoisotopic (exact) mass is 463 g/mol. The van der Waals surface area contributed by atoms with E-state index < -0.39 is 0 Å². The summed E-state index contributed by atoms with van der Waals surface area (Å²) in [4.78, 5) is 10.8. The molecule has 0 bridgehead atoms. The van der Waals surface area contributed by atoms with Gasteiger partial charge in [0, 0.05) is 34.0 Å². The number of rotatable bonds is 6. The summed E-state index contributed by atoms with van der Waals surface area (Å²) in [5.74, 6) is 2.47. The SMILES string of the molecule is COc1c(O)ccc2c1-c1ccc3c(c1/C(=C/CS/C=C\C(C)C=O)O2)C(C)=CC(C)(C)N3. The fourth-order valence-electron chi connectivity index (χ4n) is 4.40. The number of fused-ring (bicyclic) bond motifs is 5. The van der Waals surface area contributed by atoms with Gasteiger partial charge in [0.1, 0.15) is 17.8 Å². The molecular weight excluding hydrogens is 434 g/mol. The highest BCUT2D eigenvalue weighted by Crippen LogP contribution is 2.53. The normalized spacial score (nSPS) is 17.8. The van der Waals surface area contributed by atoms with Gasteiger partial charge in [-0.05, 0) is 56.0 Å². The summed E-state index contributed by atoms with van der Waals surface area (Å²) in [7, 11) is 1.55. The van der Waals surface area contributed by atoms with Gasteiger partial charge in [-0.15, -0.1) is 11.8 Å². The zero-order valence-electron chi connectivity index (χ0n) is 19.6. The maximum Gasteiger partial charge on any atom is 0.172 e. The van der Waals surface area contributed by atoms with E-state index in [1.54, 1.807) is 31.0 Å². The van der Waals surface area contributed by atoms with Crippen LogP contribution in [0.2, 0.25) is 0 Å². The first kappa shape index (κ1) is 23.1. The molecule has 2 aromatic rings. The molecule has 0 saturated carbocycles. The Bertz CT molecular complexity index is 1190. The molecule has 2 aliphatic heterocycles. The molecule has 5 nitrogen and oxygen atoms in total. The molecule has 6 heteroatoms. The van der Waals surface area contributed by atoms with Gasteiger partial charge in [0.25, 0.3) is 0 Å². The summed E-state index contributed by atoms with van der Waals surface area (Å²) < 4.78 is 12.0. The third-order valence-corrected chi connectivity index (χ3v) is 6.44. The van der Waals surface area contributed by atoms with Gasteiger partial charge in [0.05, 0.1) is 18.2 Å². The molecule has 0 spiro atoms. The average molecular weight is 464 g/mol. The molecule has 2 N–H and O–H groups in total. The largest absolute Gasteiger partial charge is 0.504 e. The van der Waals surface area contributed by atoms with Crippen LogP contribution in [-0.2, 0) is 4.79 Å². The fraction of sp³-hybridized carbons (Fsp3) is 0.296. The van der Waals surface area contributed by atoms with E-state index in [-0.39, 0.29) is 17.2 Å². The molecular formula is C27H29NO4S. The molecule has 1 atom stereocenters. The number of carbonyl (C=O) groups excluding carboxylic acids is 1. The van der Waals surface area contributed by atoms with E-state index in [2.05, 4.69) is 50.4 Å². The van der Waals surface area contributed by atoms with Gasteiger partial charge in [0.2, 0.25) is 0 Å². The molecule has 0 amide bonds. The van der Waals surface area contributed by atoms with E-state index in [0.717, 1.165) is 45.6 Å². The summed E-state index contributed by atoms with van der Waals surface area (Å²) >= 11 is 1.60. The number of aromatic hydroxyl groups is 1. The number of hydrogen-bond donors (Lipinski definition) is 2. The molecule has 0 aromatic heterocycles. The molecule has 0 aliphatic carbocycles. The Morgan fingerprint density at radius 1 is 1.21 bits per heavy atom. The van der Waals surface area contributed by atoms with Crippen LogP contribution in [0.5, 0.6) is 17.2 Å². The van der Waals surface area contributed by atoms with Gasteiger partial charge in [-0.3, -0.25) is 0 Å². The minimum atomic E-state index is -0.158. The van der Waals surface area contributed by atoms with Crippen LogP contribution in [0.4, 0.5) is 5.69 Å². The Morgan fingerprint density at radius 2 is 2.00 bits per heavy atom. The lowest BCUT2D eigenvalue weighted by Crippen LogP contribution is -2.32. The van der Waals surface area contributed by atoms with E-state index in [0.29, 0.717) is 17.3 Å². The Balaban J connectivity index is 1.86. The highest BCUT2D eigenvalue weighted by Gasteiger charge is 2.33. The van der Waals surface area contributed by atoms with Crippen molar-refractivity contribution < 1.29 is 19.4 Å². The van der Waals surface area contributed by atoms with Gasteiger partial charge in [-0.2, -0.15) is 0 Å². The van der Waals surface area contributed by atoms with E-state index >= 15 is 0 Å². The minimum Gasteiger partial charge on any atom is -0.504 e. The topological polar surface area (TPSA) is 67.8 Å². The first-order valence-electron chi connectivity index (χ1n) is 10.9. The molecule has 2 aliphatic rings. The molecule has 4 rings (SSSR count). The van der Waals surface area contributed by atoms with Crippen LogP contribution in [-0.4, -0.2) is 29.8 Å². The van der Waals surface area contributed by atoms with Gasteiger partial charge in [-0.1, -0.05) is 25.1 Å². The van der Waals surface area contributed by atoms with Crippen LogP contribution >= 0.6 is 11.8 Å². The van der Waals surface area contributed by atoms with E-state index in [1.807, 2.05) is 18.4 Å². The molecule has 0 fully saturated rings. The van der Waals surface area contributed by atoms with Crippen molar-refractivity contribution in [2.24, 2.45) is 5.92 Å². The molecule has 0 radical (unpaired) electrons. The number of carbonyl (C=O) groups is 1. The van der Waals surface area contributed by atoms with Crippen molar-refractivity contribution in [3.63, 3.8) is 0 Å². The Labute approximate surface area is 199 Å². The number of ether oxygens (including phenoxy) is 2. The van der Waals surface area contributed by atoms with E-state index in [1.165, 1.54) is 0 Å². The van der Waals surface area contributed by atoms with Crippen molar-refractivity contribution >= 4 is 35.1 Å². The third kappa shape index (κ3) is 4.40. The lowest BCUT2D eigenvalue weighted by Gasteiger charge is -2.35. The van der Waals surface area contributed by atoms with Crippen molar-refractivity contribution in [1.29, 1.82) is 0 Å². The van der Waals surface area contributed by atoms with Gasteiger partial charge >= 0.3 is 0 Å². The van der Waals surface area contributed by atoms with Crippen molar-refractivity contribution in [3.8, 4) is 28.4 Å². The summed E-state index contributed by atoms with van der Waals surface area (Å²) in [6.45, 7) is 8.27. The number of nitrogens with one attached hydrogen (secondary N) is 1. The molecule has 0 saturated heterocycles. The Kier molecular flexibility index (Phi) is 6.30. The van der Waals surface area contributed by atoms with Crippen molar-refractivity contribution in [2.75, 3.05) is 18.2 Å². The third-order valence-electron chi connectivity index (χ3n) is 5.73. The molecule has 1 unspecified atom stereocenters. The predicted molar refractivity (Wildman–Crippen MR) is 137 cm³/mol. The Morgan fingerprint density at radius 3 is 2.73 bits per heavy atom. The summed E-state index contributed by atoms with van der Waals surface area (Å²) in [5, 5.41) is 16.0. The van der Waals surface area contributed by atoms with Crippen molar-refractivity contribution in [1.82, 2.24) is 0 Å². The highest BCUT2D eigenvalue weighted by atomic mass is 32.2. The second kappa shape index (κ2) is 9.02. The van der Waals surface area contributed by atoms with E-state index in [9.17, 15) is 9.90 Å². The first-order chi connectivity index (χ1) is 15.8. The molecule has 172 valence electrons. The van der Waals surface area contributed by atoms with Gasteiger partial charge in [-0.25, -0.2) is 0 Å². The number of phenols is 1. The van der Waals surface area contributed by atoms with Crippen LogP contribution in [0.1, 0.15) is 38.8 Å². The van der Waals surface area contributed by atoms with Gasteiger partial charge in [0.15, 0.2) is 11.5 Å². The van der Waals surface area contributed by atoms with Crippen LogP contribution in [0.3, 0.4) is 0 Å². The smallest absolute Gasteiger partial charge is 0.172 e. The lowest BCUT2D eigenvalue weighted by atomic mass is 9.83. The molecule has 33 heavy (non-hydrogen) atoms. The van der Waals surface area contributed by atoms with E-state index in [4.69, 9.17) is 9.47 Å².